The predicted octanol–water partition coefficient (Wildman–Crippen LogP) is 4.15. The molecule has 2 nitrogen and oxygen atoms in total. The zero-order valence-electron chi connectivity index (χ0n) is 8.33. The van der Waals surface area contributed by atoms with Gasteiger partial charge in [0.15, 0.2) is 5.78 Å². The minimum absolute atomic E-state index is 0.208. The smallest absolute Gasteiger partial charge is 0.182 e. The van der Waals surface area contributed by atoms with Crippen LogP contribution >= 0.6 is 38.6 Å². The molecule has 16 heavy (non-hydrogen) atoms. The molecule has 2 heterocycles. The van der Waals surface area contributed by atoms with Gasteiger partial charge < -0.3 is 0 Å². The Balaban J connectivity index is 2.07. The Labute approximate surface area is 109 Å². The maximum atomic E-state index is 11.7. The van der Waals surface area contributed by atoms with Gasteiger partial charge in [0.25, 0.3) is 0 Å². The van der Waals surface area contributed by atoms with Crippen LogP contribution in [-0.2, 0) is 6.42 Å². The summed E-state index contributed by atoms with van der Waals surface area (Å²) in [7, 11) is 0. The fourth-order valence-electron chi connectivity index (χ4n) is 1.80. The molecule has 0 unspecified atom stereocenters. The van der Waals surface area contributed by atoms with Crippen molar-refractivity contribution < 1.29 is 4.79 Å². The van der Waals surface area contributed by atoms with E-state index in [1.807, 2.05) is 5.38 Å². The summed E-state index contributed by atoms with van der Waals surface area (Å²) in [6.45, 7) is 0. The van der Waals surface area contributed by atoms with Crippen LogP contribution in [0.2, 0.25) is 0 Å². The lowest BCUT2D eigenvalue weighted by Crippen LogP contribution is -2.08. The van der Waals surface area contributed by atoms with Gasteiger partial charge in [0, 0.05) is 21.2 Å². The van der Waals surface area contributed by atoms with Gasteiger partial charge in [-0.2, -0.15) is 0 Å². The fourth-order valence-corrected chi connectivity index (χ4v) is 4.41. The lowest BCUT2D eigenvalue weighted by molar-refractivity contribution is 0.0968. The molecule has 0 radical (unpaired) electrons. The highest BCUT2D eigenvalue weighted by Gasteiger charge is 2.22. The number of thiophene rings is 1. The van der Waals surface area contributed by atoms with Crippen molar-refractivity contribution in [1.82, 2.24) is 4.98 Å². The molecule has 3 rings (SSSR count). The first kappa shape index (κ1) is 10.6. The molecule has 0 spiro atoms. The molecule has 0 amide bonds. The summed E-state index contributed by atoms with van der Waals surface area (Å²) in [6, 6.07) is 2.05. The molecule has 82 valence electrons. The van der Waals surface area contributed by atoms with Crippen molar-refractivity contribution in [1.29, 1.82) is 0 Å². The van der Waals surface area contributed by atoms with Crippen LogP contribution in [0.15, 0.2) is 15.9 Å². The maximum absolute atomic E-state index is 11.7. The second kappa shape index (κ2) is 4.05. The van der Waals surface area contributed by atoms with E-state index in [1.165, 1.54) is 0 Å². The van der Waals surface area contributed by atoms with E-state index in [4.69, 9.17) is 0 Å². The third-order valence-corrected chi connectivity index (χ3v) is 5.52. The molecule has 0 atom stereocenters. The van der Waals surface area contributed by atoms with Gasteiger partial charge in [-0.15, -0.1) is 22.7 Å². The topological polar surface area (TPSA) is 30.0 Å². The summed E-state index contributed by atoms with van der Waals surface area (Å²) >= 11 is 6.75. The van der Waals surface area contributed by atoms with Crippen molar-refractivity contribution in [2.75, 3.05) is 0 Å². The maximum Gasteiger partial charge on any atom is 0.182 e. The number of aromatic nitrogens is 1. The molecule has 0 bridgehead atoms. The highest BCUT2D eigenvalue weighted by atomic mass is 79.9. The van der Waals surface area contributed by atoms with Gasteiger partial charge in [-0.1, -0.05) is 0 Å². The van der Waals surface area contributed by atoms with Crippen LogP contribution in [0, 0.1) is 0 Å². The number of hydrogen-bond donors (Lipinski definition) is 0. The van der Waals surface area contributed by atoms with Gasteiger partial charge in [0.05, 0.1) is 4.88 Å². The SMILES string of the molecule is O=C1CCCc2sc(-c3cc(Br)cs3)nc21. The monoisotopic (exact) mass is 313 g/mol. The quantitative estimate of drug-likeness (QED) is 0.791. The molecular formula is C11H8BrNOS2. The minimum Gasteiger partial charge on any atom is -0.292 e. The van der Waals surface area contributed by atoms with Gasteiger partial charge in [-0.3, -0.25) is 4.79 Å². The summed E-state index contributed by atoms with van der Waals surface area (Å²) in [5.41, 5.74) is 0.718. The molecule has 0 saturated heterocycles. The van der Waals surface area contributed by atoms with E-state index >= 15 is 0 Å². The van der Waals surface area contributed by atoms with Crippen LogP contribution in [0.3, 0.4) is 0 Å². The second-order valence-corrected chi connectivity index (χ2v) is 6.61. The number of carbonyl (C=O) groups excluding carboxylic acids is 1. The Morgan fingerprint density at radius 2 is 2.25 bits per heavy atom. The van der Waals surface area contributed by atoms with Crippen LogP contribution in [0.5, 0.6) is 0 Å². The number of hydrogen-bond acceptors (Lipinski definition) is 4. The Kier molecular flexibility index (Phi) is 2.69. The standard InChI is InChI=1S/C11H8BrNOS2/c12-6-4-9(15-5-6)11-13-10-7(14)2-1-3-8(10)16-11/h4-5H,1-3H2. The molecule has 0 fully saturated rings. The highest BCUT2D eigenvalue weighted by molar-refractivity contribution is 9.10. The number of halogens is 1. The third-order valence-electron chi connectivity index (χ3n) is 2.55. The summed E-state index contributed by atoms with van der Waals surface area (Å²) in [5.74, 6) is 0.208. The largest absolute Gasteiger partial charge is 0.292 e. The zero-order chi connectivity index (χ0) is 11.1. The number of Topliss-reactive ketones (excluding diaryl/α,β-unsaturated/α-hetero) is 1. The first-order chi connectivity index (χ1) is 7.74. The van der Waals surface area contributed by atoms with Gasteiger partial charge in [-0.05, 0) is 34.8 Å². The molecule has 0 saturated carbocycles. The molecule has 1 aliphatic carbocycles. The van der Waals surface area contributed by atoms with Crippen LogP contribution in [0.25, 0.3) is 9.88 Å². The number of fused-ring (bicyclic) bond motifs is 1. The normalized spacial score (nSPS) is 15.2. The lowest BCUT2D eigenvalue weighted by Gasteiger charge is -2.06. The molecule has 1 aliphatic rings. The number of nitrogens with zero attached hydrogens (tertiary/aromatic N) is 1. The van der Waals surface area contributed by atoms with Crippen LogP contribution < -0.4 is 0 Å². The van der Waals surface area contributed by atoms with E-state index in [2.05, 4.69) is 27.0 Å². The lowest BCUT2D eigenvalue weighted by atomic mass is 10.0. The van der Waals surface area contributed by atoms with E-state index in [1.54, 1.807) is 22.7 Å². The number of aryl methyl sites for hydroxylation is 1. The van der Waals surface area contributed by atoms with Gasteiger partial charge in [0.1, 0.15) is 10.7 Å². The molecule has 0 N–H and O–H groups in total. The van der Waals surface area contributed by atoms with E-state index in [0.29, 0.717) is 6.42 Å². The number of carbonyl (C=O) groups is 1. The van der Waals surface area contributed by atoms with Crippen molar-refractivity contribution in [3.05, 3.63) is 26.5 Å². The van der Waals surface area contributed by atoms with E-state index in [0.717, 1.165) is 37.8 Å². The van der Waals surface area contributed by atoms with Gasteiger partial charge in [0.2, 0.25) is 0 Å². The van der Waals surface area contributed by atoms with Crippen molar-refractivity contribution in [3.8, 4) is 9.88 Å². The summed E-state index contributed by atoms with van der Waals surface area (Å²) in [4.78, 5) is 18.4. The number of thiazole rings is 1. The van der Waals surface area contributed by atoms with Crippen LogP contribution in [-0.4, -0.2) is 10.8 Å². The zero-order valence-corrected chi connectivity index (χ0v) is 11.5. The van der Waals surface area contributed by atoms with Crippen LogP contribution in [0.4, 0.5) is 0 Å². The van der Waals surface area contributed by atoms with Crippen molar-refractivity contribution in [2.45, 2.75) is 19.3 Å². The van der Waals surface area contributed by atoms with Crippen molar-refractivity contribution >= 4 is 44.4 Å². The Morgan fingerprint density at radius 1 is 1.38 bits per heavy atom. The average Bonchev–Trinajstić information content (AvgIpc) is 2.84. The highest BCUT2D eigenvalue weighted by Crippen LogP contribution is 2.36. The van der Waals surface area contributed by atoms with Gasteiger partial charge >= 0.3 is 0 Å². The Hall–Kier alpha value is -0.520. The van der Waals surface area contributed by atoms with Gasteiger partial charge in [-0.25, -0.2) is 4.98 Å². The molecule has 0 aliphatic heterocycles. The number of ketones is 1. The summed E-state index contributed by atoms with van der Waals surface area (Å²) < 4.78 is 1.08. The van der Waals surface area contributed by atoms with E-state index in [-0.39, 0.29) is 5.78 Å². The molecule has 2 aromatic heterocycles. The average molecular weight is 314 g/mol. The van der Waals surface area contributed by atoms with Crippen molar-refractivity contribution in [3.63, 3.8) is 0 Å². The Bertz CT molecular complexity index is 558. The first-order valence-electron chi connectivity index (χ1n) is 5.01. The molecule has 2 aromatic rings. The molecule has 5 heteroatoms. The summed E-state index contributed by atoms with van der Waals surface area (Å²) in [6.07, 6.45) is 2.64. The first-order valence-corrected chi connectivity index (χ1v) is 7.50. The fraction of sp³-hybridized carbons (Fsp3) is 0.273. The predicted molar refractivity (Wildman–Crippen MR) is 70.4 cm³/mol. The number of rotatable bonds is 1. The molecule has 0 aromatic carbocycles. The van der Waals surface area contributed by atoms with E-state index < -0.39 is 0 Å². The van der Waals surface area contributed by atoms with E-state index in [9.17, 15) is 4.79 Å². The third kappa shape index (κ3) is 1.77. The van der Waals surface area contributed by atoms with Crippen LogP contribution in [0.1, 0.15) is 28.2 Å². The van der Waals surface area contributed by atoms with Crippen molar-refractivity contribution in [2.24, 2.45) is 0 Å². The minimum atomic E-state index is 0.208. The molecular weight excluding hydrogens is 306 g/mol. The second-order valence-electron chi connectivity index (χ2n) is 3.70. The summed E-state index contributed by atoms with van der Waals surface area (Å²) in [5, 5.41) is 3.02. The Morgan fingerprint density at radius 3 is 2.94 bits per heavy atom.